The van der Waals surface area contributed by atoms with E-state index >= 15 is 0 Å². The number of amides is 1. The van der Waals surface area contributed by atoms with Crippen LogP contribution in [0.5, 0.6) is 11.5 Å². The van der Waals surface area contributed by atoms with Gasteiger partial charge in [0.2, 0.25) is 0 Å². The van der Waals surface area contributed by atoms with E-state index in [1.54, 1.807) is 24.3 Å². The molecule has 0 saturated carbocycles. The molecule has 0 aliphatic heterocycles. The fourth-order valence-electron chi connectivity index (χ4n) is 1.61. The Morgan fingerprint density at radius 3 is 2.60 bits per heavy atom. The third-order valence-electron chi connectivity index (χ3n) is 2.61. The van der Waals surface area contributed by atoms with Crippen LogP contribution in [0.1, 0.15) is 5.56 Å². The van der Waals surface area contributed by atoms with Crippen LogP contribution in [-0.2, 0) is 4.79 Å². The highest BCUT2D eigenvalue weighted by Gasteiger charge is 2.07. The second-order valence-electron chi connectivity index (χ2n) is 4.31. The van der Waals surface area contributed by atoms with Gasteiger partial charge in [-0.15, -0.1) is 0 Å². The zero-order valence-electron chi connectivity index (χ0n) is 10.9. The minimum atomic E-state index is -0.327. The number of hydrogen-bond donors (Lipinski definition) is 2. The number of phenols is 1. The monoisotopic (exact) mass is 335 g/mol. The van der Waals surface area contributed by atoms with Crippen molar-refractivity contribution >= 4 is 27.5 Å². The predicted molar refractivity (Wildman–Crippen MR) is 81.1 cm³/mol. The zero-order chi connectivity index (χ0) is 14.5. The molecule has 0 atom stereocenters. The maximum Gasteiger partial charge on any atom is 0.262 e. The minimum Gasteiger partial charge on any atom is -0.506 e. The Hall–Kier alpha value is -2.01. The van der Waals surface area contributed by atoms with Crippen molar-refractivity contribution in [2.45, 2.75) is 6.92 Å². The van der Waals surface area contributed by atoms with Crippen molar-refractivity contribution < 1.29 is 14.6 Å². The van der Waals surface area contributed by atoms with E-state index < -0.39 is 0 Å². The number of benzene rings is 2. The van der Waals surface area contributed by atoms with Gasteiger partial charge >= 0.3 is 0 Å². The standard InChI is InChI=1S/C15H14BrNO3/c1-10-2-7-13(14(18)8-10)17-15(19)9-20-12-5-3-11(16)4-6-12/h2-8,18H,9H2,1H3,(H,17,19). The first-order valence-electron chi connectivity index (χ1n) is 6.02. The van der Waals surface area contributed by atoms with Crippen LogP contribution in [0.3, 0.4) is 0 Å². The van der Waals surface area contributed by atoms with E-state index in [0.717, 1.165) is 10.0 Å². The maximum atomic E-state index is 11.7. The number of halogens is 1. The summed E-state index contributed by atoms with van der Waals surface area (Å²) in [4.78, 5) is 11.7. The Kier molecular flexibility index (Phi) is 4.63. The van der Waals surface area contributed by atoms with Gasteiger partial charge in [-0.25, -0.2) is 0 Å². The zero-order valence-corrected chi connectivity index (χ0v) is 12.5. The fraction of sp³-hybridized carbons (Fsp3) is 0.133. The summed E-state index contributed by atoms with van der Waals surface area (Å²) in [5, 5.41) is 12.3. The average molecular weight is 336 g/mol. The largest absolute Gasteiger partial charge is 0.506 e. The summed E-state index contributed by atoms with van der Waals surface area (Å²) in [5.41, 5.74) is 1.30. The SMILES string of the molecule is Cc1ccc(NC(=O)COc2ccc(Br)cc2)c(O)c1. The predicted octanol–water partition coefficient (Wildman–Crippen LogP) is 3.48. The number of ether oxygens (including phenoxy) is 1. The van der Waals surface area contributed by atoms with Crippen LogP contribution < -0.4 is 10.1 Å². The lowest BCUT2D eigenvalue weighted by Gasteiger charge is -2.09. The summed E-state index contributed by atoms with van der Waals surface area (Å²) in [6, 6.07) is 12.2. The highest BCUT2D eigenvalue weighted by atomic mass is 79.9. The Balaban J connectivity index is 1.90. The number of phenolic OH excluding ortho intramolecular Hbond substituents is 1. The molecule has 2 N–H and O–H groups in total. The van der Waals surface area contributed by atoms with Crippen LogP contribution in [0, 0.1) is 6.92 Å². The van der Waals surface area contributed by atoms with Crippen molar-refractivity contribution in [2.24, 2.45) is 0 Å². The average Bonchev–Trinajstić information content (AvgIpc) is 2.41. The molecule has 0 saturated heterocycles. The highest BCUT2D eigenvalue weighted by Crippen LogP contribution is 2.23. The molecule has 0 aromatic heterocycles. The molecule has 1 amide bonds. The normalized spacial score (nSPS) is 10.1. The summed E-state index contributed by atoms with van der Waals surface area (Å²) in [5.74, 6) is 0.325. The van der Waals surface area contributed by atoms with Crippen molar-refractivity contribution in [2.75, 3.05) is 11.9 Å². The van der Waals surface area contributed by atoms with E-state index in [2.05, 4.69) is 21.2 Å². The van der Waals surface area contributed by atoms with E-state index in [-0.39, 0.29) is 18.3 Å². The number of carbonyl (C=O) groups is 1. The van der Waals surface area contributed by atoms with Gasteiger partial charge in [0.15, 0.2) is 6.61 Å². The molecule has 0 fully saturated rings. The maximum absolute atomic E-state index is 11.7. The summed E-state index contributed by atoms with van der Waals surface area (Å²) >= 11 is 3.32. The first kappa shape index (κ1) is 14.4. The van der Waals surface area contributed by atoms with Gasteiger partial charge in [0, 0.05) is 4.47 Å². The van der Waals surface area contributed by atoms with Gasteiger partial charge in [0.1, 0.15) is 11.5 Å². The van der Waals surface area contributed by atoms with E-state index in [0.29, 0.717) is 11.4 Å². The lowest BCUT2D eigenvalue weighted by molar-refractivity contribution is -0.118. The first-order chi connectivity index (χ1) is 9.54. The van der Waals surface area contributed by atoms with Gasteiger partial charge < -0.3 is 15.2 Å². The molecule has 2 aromatic carbocycles. The molecule has 0 heterocycles. The number of carbonyl (C=O) groups excluding carboxylic acids is 1. The second kappa shape index (κ2) is 6.43. The first-order valence-corrected chi connectivity index (χ1v) is 6.82. The molecular formula is C15H14BrNO3. The molecule has 4 nitrogen and oxygen atoms in total. The van der Waals surface area contributed by atoms with Gasteiger partial charge in [0.05, 0.1) is 5.69 Å². The lowest BCUT2D eigenvalue weighted by Crippen LogP contribution is -2.20. The summed E-state index contributed by atoms with van der Waals surface area (Å²) in [6.07, 6.45) is 0. The summed E-state index contributed by atoms with van der Waals surface area (Å²) in [6.45, 7) is 1.75. The molecule has 0 spiro atoms. The minimum absolute atomic E-state index is 0.0435. The van der Waals surface area contributed by atoms with Crippen molar-refractivity contribution in [3.63, 3.8) is 0 Å². The van der Waals surface area contributed by atoms with Crippen LogP contribution in [0.4, 0.5) is 5.69 Å². The van der Waals surface area contributed by atoms with Gasteiger partial charge in [0.25, 0.3) is 5.91 Å². The van der Waals surface area contributed by atoms with Crippen molar-refractivity contribution in [1.82, 2.24) is 0 Å². The molecule has 0 radical (unpaired) electrons. The molecular weight excluding hydrogens is 322 g/mol. The summed E-state index contributed by atoms with van der Waals surface area (Å²) < 4.78 is 6.29. The highest BCUT2D eigenvalue weighted by molar-refractivity contribution is 9.10. The van der Waals surface area contributed by atoms with Crippen LogP contribution in [0.15, 0.2) is 46.9 Å². The number of nitrogens with one attached hydrogen (secondary N) is 1. The van der Waals surface area contributed by atoms with E-state index in [9.17, 15) is 9.90 Å². The van der Waals surface area contributed by atoms with Crippen molar-refractivity contribution in [1.29, 1.82) is 0 Å². The number of hydrogen-bond acceptors (Lipinski definition) is 3. The Bertz CT molecular complexity index is 611. The molecule has 0 aliphatic carbocycles. The number of rotatable bonds is 4. The van der Waals surface area contributed by atoms with Gasteiger partial charge in [-0.2, -0.15) is 0 Å². The van der Waals surface area contributed by atoms with Crippen LogP contribution in [-0.4, -0.2) is 17.6 Å². The van der Waals surface area contributed by atoms with E-state index in [4.69, 9.17) is 4.74 Å². The molecule has 20 heavy (non-hydrogen) atoms. The van der Waals surface area contributed by atoms with Gasteiger partial charge in [-0.05, 0) is 48.9 Å². The third-order valence-corrected chi connectivity index (χ3v) is 3.14. The molecule has 0 aliphatic rings. The molecule has 5 heteroatoms. The van der Waals surface area contributed by atoms with E-state index in [1.165, 1.54) is 0 Å². The Morgan fingerprint density at radius 2 is 1.95 bits per heavy atom. The molecule has 2 aromatic rings. The smallest absolute Gasteiger partial charge is 0.262 e. The second-order valence-corrected chi connectivity index (χ2v) is 5.23. The molecule has 2 rings (SSSR count). The van der Waals surface area contributed by atoms with Crippen molar-refractivity contribution in [3.8, 4) is 11.5 Å². The molecule has 0 bridgehead atoms. The fourth-order valence-corrected chi connectivity index (χ4v) is 1.88. The quantitative estimate of drug-likeness (QED) is 0.841. The summed E-state index contributed by atoms with van der Waals surface area (Å²) in [7, 11) is 0. The van der Waals surface area contributed by atoms with E-state index in [1.807, 2.05) is 25.1 Å². The van der Waals surface area contributed by atoms with Crippen LogP contribution in [0.2, 0.25) is 0 Å². The van der Waals surface area contributed by atoms with Gasteiger partial charge in [-0.3, -0.25) is 4.79 Å². The van der Waals surface area contributed by atoms with Crippen molar-refractivity contribution in [3.05, 3.63) is 52.5 Å². The van der Waals surface area contributed by atoms with Crippen LogP contribution in [0.25, 0.3) is 0 Å². The third kappa shape index (κ3) is 3.99. The number of anilines is 1. The number of aryl methyl sites for hydroxylation is 1. The molecule has 104 valence electrons. The van der Waals surface area contributed by atoms with Crippen LogP contribution >= 0.6 is 15.9 Å². The lowest BCUT2D eigenvalue weighted by atomic mass is 10.2. The van der Waals surface area contributed by atoms with Gasteiger partial charge in [-0.1, -0.05) is 22.0 Å². The Morgan fingerprint density at radius 1 is 1.25 bits per heavy atom. The number of aromatic hydroxyl groups is 1. The Labute approximate surface area is 125 Å². The topological polar surface area (TPSA) is 58.6 Å². The molecule has 0 unspecified atom stereocenters.